The van der Waals surface area contributed by atoms with Crippen LogP contribution in [0.3, 0.4) is 0 Å². The van der Waals surface area contributed by atoms with Crippen molar-refractivity contribution in [3.8, 4) is 28.4 Å². The van der Waals surface area contributed by atoms with Crippen molar-refractivity contribution in [2.24, 2.45) is 0 Å². The maximum Gasteiger partial charge on any atom is 0.410 e. The second-order valence-corrected chi connectivity index (χ2v) is 12.2. The Morgan fingerprint density at radius 1 is 1.02 bits per heavy atom. The molecule has 2 aliphatic heterocycles. The van der Waals surface area contributed by atoms with Gasteiger partial charge in [-0.1, -0.05) is 36.4 Å². The summed E-state index contributed by atoms with van der Waals surface area (Å²) in [4.78, 5) is 26.1. The lowest BCUT2D eigenvalue weighted by Crippen LogP contribution is -2.36. The van der Waals surface area contributed by atoms with Gasteiger partial charge in [0.2, 0.25) is 0 Å². The van der Waals surface area contributed by atoms with E-state index in [0.717, 1.165) is 51.3 Å². The predicted molar refractivity (Wildman–Crippen MR) is 164 cm³/mol. The zero-order valence-corrected chi connectivity index (χ0v) is 25.9. The average molecular weight is 588 g/mol. The molecule has 0 aromatic heterocycles. The number of esters is 1. The smallest absolute Gasteiger partial charge is 0.410 e. The molecule has 0 spiro atoms. The number of ether oxygens (including phenoxy) is 5. The molecule has 0 N–H and O–H groups in total. The summed E-state index contributed by atoms with van der Waals surface area (Å²) >= 11 is 0. The minimum absolute atomic E-state index is 0.0231. The highest BCUT2D eigenvalue weighted by atomic mass is 16.6. The zero-order chi connectivity index (χ0) is 30.7. The second-order valence-electron chi connectivity index (χ2n) is 12.2. The lowest BCUT2D eigenvalue weighted by atomic mass is 9.92. The summed E-state index contributed by atoms with van der Waals surface area (Å²) in [6.07, 6.45) is 0.560. The molecule has 2 heterocycles. The maximum atomic E-state index is 12.6. The minimum Gasteiger partial charge on any atom is -0.492 e. The fourth-order valence-corrected chi connectivity index (χ4v) is 5.65. The van der Waals surface area contributed by atoms with Crippen LogP contribution in [0.2, 0.25) is 0 Å². The molecule has 0 unspecified atom stereocenters. The molecule has 1 amide bonds. The van der Waals surface area contributed by atoms with Crippen LogP contribution in [0.25, 0.3) is 11.1 Å². The van der Waals surface area contributed by atoms with Gasteiger partial charge in [-0.15, -0.1) is 0 Å². The van der Waals surface area contributed by atoms with Gasteiger partial charge in [0.05, 0.1) is 26.7 Å². The SMILES string of the molecule is COC(=O)C[C@@H]1COc2cc(OCc3c(C)c(O[C@H]4CCN(C(=O)OC(C)(C)C)C4)cc(-c4ccccc4)c3C)ccc21. The van der Waals surface area contributed by atoms with Crippen LogP contribution < -0.4 is 14.2 Å². The maximum absolute atomic E-state index is 12.6. The Kier molecular flexibility index (Phi) is 8.85. The predicted octanol–water partition coefficient (Wildman–Crippen LogP) is 6.98. The number of carbonyl (C=O) groups excluding carboxylic acids is 2. The molecule has 0 saturated carbocycles. The number of likely N-dealkylation sites (tertiary alicyclic amines) is 1. The molecule has 3 aromatic rings. The fraction of sp³-hybridized carbons (Fsp3) is 0.429. The first-order valence-electron chi connectivity index (χ1n) is 14.8. The van der Waals surface area contributed by atoms with Gasteiger partial charge in [-0.25, -0.2) is 4.79 Å². The third kappa shape index (κ3) is 7.07. The number of fused-ring (bicyclic) bond motifs is 1. The molecule has 0 radical (unpaired) electrons. The lowest BCUT2D eigenvalue weighted by Gasteiger charge is -2.25. The van der Waals surface area contributed by atoms with E-state index >= 15 is 0 Å². The number of methoxy groups -OCH3 is 1. The molecular formula is C35H41NO7. The second kappa shape index (κ2) is 12.6. The first kappa shape index (κ1) is 30.3. The van der Waals surface area contributed by atoms with E-state index < -0.39 is 5.60 Å². The molecule has 5 rings (SSSR count). The summed E-state index contributed by atoms with van der Waals surface area (Å²) in [5, 5.41) is 0. The van der Waals surface area contributed by atoms with Crippen molar-refractivity contribution in [1.82, 2.24) is 4.90 Å². The molecule has 228 valence electrons. The number of nitrogens with zero attached hydrogens (tertiary/aromatic N) is 1. The summed E-state index contributed by atoms with van der Waals surface area (Å²) in [5.41, 5.74) is 5.78. The minimum atomic E-state index is -0.543. The van der Waals surface area contributed by atoms with Crippen molar-refractivity contribution < 1.29 is 33.3 Å². The van der Waals surface area contributed by atoms with E-state index in [0.29, 0.717) is 32.1 Å². The number of benzene rings is 3. The Balaban J connectivity index is 1.36. The zero-order valence-electron chi connectivity index (χ0n) is 25.9. The molecule has 8 heteroatoms. The molecule has 0 bridgehead atoms. The Hall–Kier alpha value is -4.20. The largest absolute Gasteiger partial charge is 0.492 e. The summed E-state index contributed by atoms with van der Waals surface area (Å²) in [6, 6.07) is 18.1. The average Bonchev–Trinajstić information content (AvgIpc) is 3.61. The molecule has 0 aliphatic carbocycles. The van der Waals surface area contributed by atoms with Crippen LogP contribution >= 0.6 is 0 Å². The van der Waals surface area contributed by atoms with E-state index in [1.807, 2.05) is 57.2 Å². The van der Waals surface area contributed by atoms with E-state index in [4.69, 9.17) is 23.7 Å². The van der Waals surface area contributed by atoms with Crippen LogP contribution in [-0.4, -0.2) is 55.5 Å². The van der Waals surface area contributed by atoms with Gasteiger partial charge in [-0.3, -0.25) is 4.79 Å². The van der Waals surface area contributed by atoms with Gasteiger partial charge in [0.1, 0.15) is 35.6 Å². The van der Waals surface area contributed by atoms with Gasteiger partial charge < -0.3 is 28.6 Å². The summed E-state index contributed by atoms with van der Waals surface area (Å²) in [6.45, 7) is 11.6. The van der Waals surface area contributed by atoms with Crippen molar-refractivity contribution in [3.05, 3.63) is 76.9 Å². The number of carbonyl (C=O) groups is 2. The van der Waals surface area contributed by atoms with Gasteiger partial charge in [0, 0.05) is 30.5 Å². The van der Waals surface area contributed by atoms with Crippen LogP contribution in [-0.2, 0) is 20.9 Å². The van der Waals surface area contributed by atoms with Crippen LogP contribution in [0, 0.1) is 13.8 Å². The molecule has 8 nitrogen and oxygen atoms in total. The van der Waals surface area contributed by atoms with Crippen molar-refractivity contribution in [1.29, 1.82) is 0 Å². The highest BCUT2D eigenvalue weighted by molar-refractivity contribution is 5.72. The van der Waals surface area contributed by atoms with E-state index in [2.05, 4.69) is 32.0 Å². The van der Waals surface area contributed by atoms with Crippen molar-refractivity contribution in [2.45, 2.75) is 71.7 Å². The highest BCUT2D eigenvalue weighted by Crippen LogP contribution is 2.40. The van der Waals surface area contributed by atoms with Gasteiger partial charge in [-0.2, -0.15) is 0 Å². The summed E-state index contributed by atoms with van der Waals surface area (Å²) < 4.78 is 29.2. The standard InChI is InChI=1S/C35H41NO7/c1-22-29(24-10-8-7-9-11-24)18-31(42-27-14-15-36(19-27)34(38)43-35(3,4)5)23(2)30(22)21-40-26-12-13-28-25(16-33(37)39-6)20-41-32(28)17-26/h7-13,17-18,25,27H,14-16,19-21H2,1-6H3/t25-,27+/m1/s1. The summed E-state index contributed by atoms with van der Waals surface area (Å²) in [5.74, 6) is 1.93. The normalized spacial score (nSPS) is 17.7. The van der Waals surface area contributed by atoms with Crippen LogP contribution in [0.15, 0.2) is 54.6 Å². The molecule has 2 atom stereocenters. The first-order chi connectivity index (χ1) is 20.5. The fourth-order valence-electron chi connectivity index (χ4n) is 5.65. The van der Waals surface area contributed by atoms with Gasteiger partial charge >= 0.3 is 12.1 Å². The topological polar surface area (TPSA) is 83.5 Å². The van der Waals surface area contributed by atoms with Gasteiger partial charge in [0.25, 0.3) is 0 Å². The molecule has 3 aromatic carbocycles. The number of hydrogen-bond donors (Lipinski definition) is 0. The van der Waals surface area contributed by atoms with Crippen LogP contribution in [0.5, 0.6) is 17.2 Å². The number of amides is 1. The van der Waals surface area contributed by atoms with Gasteiger partial charge in [0.15, 0.2) is 0 Å². The third-order valence-electron chi connectivity index (χ3n) is 8.02. The van der Waals surface area contributed by atoms with E-state index in [1.165, 1.54) is 7.11 Å². The Morgan fingerprint density at radius 3 is 2.51 bits per heavy atom. The van der Waals surface area contributed by atoms with Crippen molar-refractivity contribution in [3.63, 3.8) is 0 Å². The monoisotopic (exact) mass is 587 g/mol. The molecule has 43 heavy (non-hydrogen) atoms. The third-order valence-corrected chi connectivity index (χ3v) is 8.02. The molecule has 1 saturated heterocycles. The number of rotatable bonds is 8. The Bertz CT molecular complexity index is 1480. The van der Waals surface area contributed by atoms with Gasteiger partial charge in [-0.05, 0) is 74.6 Å². The molecular weight excluding hydrogens is 546 g/mol. The Morgan fingerprint density at radius 2 is 1.79 bits per heavy atom. The van der Waals surface area contributed by atoms with Crippen LogP contribution in [0.1, 0.15) is 61.8 Å². The number of hydrogen-bond acceptors (Lipinski definition) is 7. The lowest BCUT2D eigenvalue weighted by molar-refractivity contribution is -0.141. The Labute approximate surface area is 253 Å². The van der Waals surface area contributed by atoms with Crippen molar-refractivity contribution >= 4 is 12.1 Å². The quantitative estimate of drug-likeness (QED) is 0.263. The molecule has 2 aliphatic rings. The van der Waals surface area contributed by atoms with E-state index in [9.17, 15) is 9.59 Å². The van der Waals surface area contributed by atoms with Crippen LogP contribution in [0.4, 0.5) is 4.79 Å². The van der Waals surface area contributed by atoms with Crippen molar-refractivity contribution in [2.75, 3.05) is 26.8 Å². The molecule has 1 fully saturated rings. The van der Waals surface area contributed by atoms with E-state index in [1.54, 1.807) is 4.90 Å². The van der Waals surface area contributed by atoms with E-state index in [-0.39, 0.29) is 30.5 Å². The summed E-state index contributed by atoms with van der Waals surface area (Å²) in [7, 11) is 1.40. The first-order valence-corrected chi connectivity index (χ1v) is 14.8. The highest BCUT2D eigenvalue weighted by Gasteiger charge is 2.32.